The maximum atomic E-state index is 5.53. The van der Waals surface area contributed by atoms with Crippen molar-refractivity contribution < 1.29 is 9.47 Å². The van der Waals surface area contributed by atoms with Crippen molar-refractivity contribution in [2.75, 3.05) is 20.3 Å². The Morgan fingerprint density at radius 1 is 1.22 bits per heavy atom. The van der Waals surface area contributed by atoms with E-state index in [2.05, 4.69) is 36.4 Å². The van der Waals surface area contributed by atoms with E-state index in [1.165, 1.54) is 0 Å². The predicted octanol–water partition coefficient (Wildman–Crippen LogP) is 3.57. The van der Waals surface area contributed by atoms with Gasteiger partial charge in [-0.1, -0.05) is 13.0 Å². The van der Waals surface area contributed by atoms with E-state index in [1.807, 2.05) is 25.1 Å². The van der Waals surface area contributed by atoms with Crippen LogP contribution in [0.3, 0.4) is 0 Å². The van der Waals surface area contributed by atoms with Crippen LogP contribution in [-0.2, 0) is 6.54 Å². The van der Waals surface area contributed by atoms with Gasteiger partial charge in [0.15, 0.2) is 17.5 Å². The maximum Gasteiger partial charge on any atom is 0.191 e. The molecule has 0 fully saturated rings. The fraction of sp³-hybridized carbons (Fsp3) is 0.588. The van der Waals surface area contributed by atoms with Crippen LogP contribution in [0.5, 0.6) is 11.5 Å². The van der Waals surface area contributed by atoms with E-state index in [4.69, 9.17) is 9.47 Å². The van der Waals surface area contributed by atoms with Gasteiger partial charge in [-0.05, 0) is 44.9 Å². The van der Waals surface area contributed by atoms with Gasteiger partial charge in [-0.2, -0.15) is 0 Å². The molecule has 0 radical (unpaired) electrons. The Morgan fingerprint density at radius 2 is 1.96 bits per heavy atom. The summed E-state index contributed by atoms with van der Waals surface area (Å²) >= 11 is 0. The molecule has 5 nitrogen and oxygen atoms in total. The Labute approximate surface area is 157 Å². The van der Waals surface area contributed by atoms with E-state index in [0.717, 1.165) is 36.0 Å². The van der Waals surface area contributed by atoms with Crippen LogP contribution in [0.1, 0.15) is 39.7 Å². The van der Waals surface area contributed by atoms with Crippen molar-refractivity contribution >= 4 is 29.9 Å². The second-order valence-corrected chi connectivity index (χ2v) is 5.07. The highest BCUT2D eigenvalue weighted by Crippen LogP contribution is 2.28. The van der Waals surface area contributed by atoms with Gasteiger partial charge in [0.2, 0.25) is 0 Å². The Morgan fingerprint density at radius 3 is 2.52 bits per heavy atom. The number of benzene rings is 1. The van der Waals surface area contributed by atoms with Crippen molar-refractivity contribution in [3.8, 4) is 11.5 Å². The molecule has 0 saturated carbocycles. The van der Waals surface area contributed by atoms with Crippen LogP contribution in [0.25, 0.3) is 0 Å². The zero-order valence-electron chi connectivity index (χ0n) is 14.8. The predicted molar refractivity (Wildman–Crippen MR) is 107 cm³/mol. The van der Waals surface area contributed by atoms with Crippen molar-refractivity contribution in [2.24, 2.45) is 4.99 Å². The molecule has 0 bridgehead atoms. The fourth-order valence-electron chi connectivity index (χ4n) is 1.91. The molecule has 0 heterocycles. The summed E-state index contributed by atoms with van der Waals surface area (Å²) in [5.74, 6) is 2.35. The van der Waals surface area contributed by atoms with Gasteiger partial charge in [0, 0.05) is 12.6 Å². The van der Waals surface area contributed by atoms with Crippen LogP contribution in [0.4, 0.5) is 0 Å². The molecule has 1 rings (SSSR count). The zero-order chi connectivity index (χ0) is 16.4. The summed E-state index contributed by atoms with van der Waals surface area (Å²) in [4.78, 5) is 4.62. The van der Waals surface area contributed by atoms with Crippen LogP contribution in [0.15, 0.2) is 23.2 Å². The summed E-state index contributed by atoms with van der Waals surface area (Å²) in [7, 11) is 1.65. The number of ether oxygens (including phenoxy) is 2. The molecular formula is C17H30IN3O2. The molecule has 1 atom stereocenters. The van der Waals surface area contributed by atoms with Crippen LogP contribution >= 0.6 is 24.0 Å². The van der Waals surface area contributed by atoms with Crippen molar-refractivity contribution in [3.05, 3.63) is 23.8 Å². The standard InChI is InChI=1S/C17H29N3O2.HI/c1-6-13(4)20-17(18-7-2)19-12-14-9-10-15(22-8-3)16(11-14)21-5;/h9-11,13H,6-8,12H2,1-5H3,(H2,18,19,20);1H. The number of halogens is 1. The summed E-state index contributed by atoms with van der Waals surface area (Å²) in [6.45, 7) is 10.4. The van der Waals surface area contributed by atoms with Crippen molar-refractivity contribution in [1.29, 1.82) is 0 Å². The molecule has 0 aliphatic carbocycles. The summed E-state index contributed by atoms with van der Waals surface area (Å²) in [6.07, 6.45) is 1.06. The highest BCUT2D eigenvalue weighted by Gasteiger charge is 2.06. The monoisotopic (exact) mass is 435 g/mol. The molecule has 1 unspecified atom stereocenters. The maximum absolute atomic E-state index is 5.53. The number of nitrogens with zero attached hydrogens (tertiary/aromatic N) is 1. The molecule has 1 aromatic carbocycles. The van der Waals surface area contributed by atoms with Gasteiger partial charge in [0.1, 0.15) is 0 Å². The van der Waals surface area contributed by atoms with Gasteiger partial charge >= 0.3 is 0 Å². The molecule has 0 saturated heterocycles. The van der Waals surface area contributed by atoms with E-state index in [9.17, 15) is 0 Å². The van der Waals surface area contributed by atoms with Gasteiger partial charge in [-0.15, -0.1) is 24.0 Å². The van der Waals surface area contributed by atoms with E-state index in [-0.39, 0.29) is 24.0 Å². The number of guanidine groups is 1. The summed E-state index contributed by atoms with van der Waals surface area (Å²) in [5.41, 5.74) is 1.08. The summed E-state index contributed by atoms with van der Waals surface area (Å²) in [5, 5.41) is 6.64. The third kappa shape index (κ3) is 7.76. The molecule has 23 heavy (non-hydrogen) atoms. The number of hydrogen-bond acceptors (Lipinski definition) is 3. The van der Waals surface area contributed by atoms with Crippen molar-refractivity contribution in [1.82, 2.24) is 10.6 Å². The Bertz CT molecular complexity index is 481. The number of rotatable bonds is 8. The summed E-state index contributed by atoms with van der Waals surface area (Å²) < 4.78 is 10.9. The lowest BCUT2D eigenvalue weighted by atomic mass is 10.2. The SMILES string of the molecule is CCNC(=NCc1ccc(OCC)c(OC)c1)NC(C)CC.I. The number of nitrogens with one attached hydrogen (secondary N) is 2. The van der Waals surface area contributed by atoms with Crippen LogP contribution in [0.2, 0.25) is 0 Å². The Balaban J connectivity index is 0.00000484. The van der Waals surface area contributed by atoms with E-state index in [1.54, 1.807) is 7.11 Å². The molecule has 0 amide bonds. The molecule has 6 heteroatoms. The Kier molecular flexibility index (Phi) is 11.6. The molecule has 132 valence electrons. The van der Waals surface area contributed by atoms with Crippen molar-refractivity contribution in [2.45, 2.75) is 46.7 Å². The quantitative estimate of drug-likeness (QED) is 0.373. The highest BCUT2D eigenvalue weighted by molar-refractivity contribution is 14.0. The third-order valence-electron chi connectivity index (χ3n) is 3.29. The lowest BCUT2D eigenvalue weighted by Crippen LogP contribution is -2.41. The molecular weight excluding hydrogens is 405 g/mol. The first kappa shape index (κ1) is 21.8. The minimum absolute atomic E-state index is 0. The smallest absolute Gasteiger partial charge is 0.191 e. The minimum Gasteiger partial charge on any atom is -0.493 e. The molecule has 1 aromatic rings. The molecule has 2 N–H and O–H groups in total. The molecule has 0 spiro atoms. The third-order valence-corrected chi connectivity index (χ3v) is 3.29. The lowest BCUT2D eigenvalue weighted by molar-refractivity contribution is 0.310. The highest BCUT2D eigenvalue weighted by atomic mass is 127. The van der Waals surface area contributed by atoms with Gasteiger partial charge in [-0.3, -0.25) is 0 Å². The molecule has 0 aliphatic heterocycles. The largest absolute Gasteiger partial charge is 0.493 e. The van der Waals surface area contributed by atoms with Gasteiger partial charge in [0.05, 0.1) is 20.3 Å². The van der Waals surface area contributed by atoms with Crippen LogP contribution in [-0.4, -0.2) is 32.3 Å². The van der Waals surface area contributed by atoms with E-state index >= 15 is 0 Å². The van der Waals surface area contributed by atoms with Gasteiger partial charge in [-0.25, -0.2) is 4.99 Å². The van der Waals surface area contributed by atoms with E-state index < -0.39 is 0 Å². The Hall–Kier alpha value is -1.18. The van der Waals surface area contributed by atoms with Crippen molar-refractivity contribution in [3.63, 3.8) is 0 Å². The van der Waals surface area contributed by atoms with Gasteiger partial charge < -0.3 is 20.1 Å². The van der Waals surface area contributed by atoms with E-state index in [0.29, 0.717) is 19.2 Å². The first-order chi connectivity index (χ1) is 10.6. The normalized spacial score (nSPS) is 12.1. The fourth-order valence-corrected chi connectivity index (χ4v) is 1.91. The topological polar surface area (TPSA) is 54.9 Å². The first-order valence-electron chi connectivity index (χ1n) is 7.99. The number of methoxy groups -OCH3 is 1. The molecule has 0 aliphatic rings. The lowest BCUT2D eigenvalue weighted by Gasteiger charge is -2.16. The zero-order valence-corrected chi connectivity index (χ0v) is 17.1. The minimum atomic E-state index is 0. The first-order valence-corrected chi connectivity index (χ1v) is 7.99. The van der Waals surface area contributed by atoms with Crippen LogP contribution < -0.4 is 20.1 Å². The second kappa shape index (κ2) is 12.3. The average Bonchev–Trinajstić information content (AvgIpc) is 2.53. The average molecular weight is 435 g/mol. The number of hydrogen-bond donors (Lipinski definition) is 2. The summed E-state index contributed by atoms with van der Waals surface area (Å²) in [6, 6.07) is 6.32. The van der Waals surface area contributed by atoms with Gasteiger partial charge in [0.25, 0.3) is 0 Å². The molecule has 0 aromatic heterocycles. The second-order valence-electron chi connectivity index (χ2n) is 5.07. The van der Waals surface area contributed by atoms with Crippen LogP contribution in [0, 0.1) is 0 Å². The number of aliphatic imine (C=N–C) groups is 1.